The van der Waals surface area contributed by atoms with Crippen LogP contribution in [0.5, 0.6) is 0 Å². The van der Waals surface area contributed by atoms with E-state index < -0.39 is 0 Å². The van der Waals surface area contributed by atoms with Crippen molar-refractivity contribution in [2.24, 2.45) is 5.73 Å². The van der Waals surface area contributed by atoms with E-state index >= 15 is 0 Å². The summed E-state index contributed by atoms with van der Waals surface area (Å²) < 4.78 is 2.06. The van der Waals surface area contributed by atoms with Gasteiger partial charge in [0.1, 0.15) is 11.5 Å². The summed E-state index contributed by atoms with van der Waals surface area (Å²) in [7, 11) is 0. The number of benzene rings is 2. The van der Waals surface area contributed by atoms with Gasteiger partial charge in [-0.25, -0.2) is 0 Å². The molecule has 0 atom stereocenters. The van der Waals surface area contributed by atoms with Crippen LogP contribution in [-0.2, 0) is 19.4 Å². The third-order valence-corrected chi connectivity index (χ3v) is 5.82. The highest BCUT2D eigenvalue weighted by atomic mass is 16.1. The Hall–Kier alpha value is -3.93. The maximum Gasteiger partial charge on any atom is 0.267 e. The summed E-state index contributed by atoms with van der Waals surface area (Å²) in [6.07, 6.45) is 6.28. The molecule has 0 aliphatic heterocycles. The number of hydrogen-bond acceptors (Lipinski definition) is 3. The number of carbonyl (C=O) groups excluding carboxylic acids is 1. The number of hydrogen-bond donors (Lipinski definition) is 3. The lowest BCUT2D eigenvalue weighted by molar-refractivity contribution is 0.0946. The lowest BCUT2D eigenvalue weighted by Gasteiger charge is -2.13. The number of aryl methyl sites for hydroxylation is 1. The van der Waals surface area contributed by atoms with E-state index in [4.69, 9.17) is 11.1 Å². The Kier molecular flexibility index (Phi) is 6.83. The second-order valence-corrected chi connectivity index (χ2v) is 8.19. The number of amides is 1. The highest BCUT2D eigenvalue weighted by molar-refractivity contribution is 6.00. The van der Waals surface area contributed by atoms with Gasteiger partial charge in [0.25, 0.3) is 5.91 Å². The first-order valence-corrected chi connectivity index (χ1v) is 11.3. The van der Waals surface area contributed by atoms with E-state index in [1.165, 1.54) is 5.56 Å². The van der Waals surface area contributed by atoms with Crippen LogP contribution < -0.4 is 11.1 Å². The number of nitrogens with two attached hydrogens (primary N) is 1. The largest absolute Gasteiger partial charge is 0.384 e. The molecule has 2 aromatic heterocycles. The number of aromatic nitrogens is 2. The highest BCUT2D eigenvalue weighted by Gasteiger charge is 2.17. The SMILES string of the molecule is CCCc1cccc2c1cc(C(=O)NCCc1ccncc1)n2Cc1cccc(C(=N)N)c1. The quantitative estimate of drug-likeness (QED) is 0.268. The first kappa shape index (κ1) is 22.3. The van der Waals surface area contributed by atoms with Crippen LogP contribution >= 0.6 is 0 Å². The number of fused-ring (bicyclic) bond motifs is 1. The summed E-state index contributed by atoms with van der Waals surface area (Å²) in [4.78, 5) is 17.3. The van der Waals surface area contributed by atoms with Crippen LogP contribution in [-0.4, -0.2) is 27.8 Å². The predicted octanol–water partition coefficient (Wildman–Crippen LogP) is 4.29. The van der Waals surface area contributed by atoms with Gasteiger partial charge in [0.05, 0.1) is 0 Å². The molecule has 4 N–H and O–H groups in total. The third kappa shape index (κ3) is 5.12. The first-order valence-electron chi connectivity index (χ1n) is 11.3. The molecule has 0 spiro atoms. The molecule has 0 saturated heterocycles. The van der Waals surface area contributed by atoms with E-state index in [1.807, 2.05) is 42.5 Å². The zero-order valence-electron chi connectivity index (χ0n) is 18.8. The molecule has 0 saturated carbocycles. The Bertz CT molecular complexity index is 1280. The molecule has 0 aliphatic rings. The van der Waals surface area contributed by atoms with Crippen LogP contribution in [0, 0.1) is 5.41 Å². The molecule has 4 aromatic rings. The molecule has 0 aliphatic carbocycles. The van der Waals surface area contributed by atoms with Crippen molar-refractivity contribution < 1.29 is 4.79 Å². The number of rotatable bonds is 9. The van der Waals surface area contributed by atoms with Crippen LogP contribution in [0.1, 0.15) is 46.1 Å². The topological polar surface area (TPSA) is 96.8 Å². The van der Waals surface area contributed by atoms with Crippen molar-refractivity contribution in [3.63, 3.8) is 0 Å². The molecule has 33 heavy (non-hydrogen) atoms. The molecule has 4 rings (SSSR count). The highest BCUT2D eigenvalue weighted by Crippen LogP contribution is 2.26. The van der Waals surface area contributed by atoms with Gasteiger partial charge in [-0.2, -0.15) is 0 Å². The standard InChI is InChI=1S/C27H29N5O/c1-2-5-21-7-4-9-24-23(21)17-25(27(33)31-15-12-19-10-13-30-14-11-19)32(24)18-20-6-3-8-22(16-20)26(28)29/h3-4,6-11,13-14,16-17H,2,5,12,15,18H2,1H3,(H3,28,29)(H,31,33). The maximum atomic E-state index is 13.3. The number of nitrogens with one attached hydrogen (secondary N) is 2. The van der Waals surface area contributed by atoms with Gasteiger partial charge in [0.15, 0.2) is 0 Å². The molecule has 6 heteroatoms. The molecule has 2 aromatic carbocycles. The minimum absolute atomic E-state index is 0.0357. The Morgan fingerprint density at radius 3 is 2.58 bits per heavy atom. The average molecular weight is 440 g/mol. The number of amidine groups is 1. The monoisotopic (exact) mass is 439 g/mol. The van der Waals surface area contributed by atoms with Gasteiger partial charge >= 0.3 is 0 Å². The molecule has 0 unspecified atom stereocenters. The minimum atomic E-state index is -0.0922. The van der Waals surface area contributed by atoms with Crippen molar-refractivity contribution in [2.75, 3.05) is 6.54 Å². The molecule has 0 bridgehead atoms. The van der Waals surface area contributed by atoms with Crippen LogP contribution in [0.15, 0.2) is 73.1 Å². The predicted molar refractivity (Wildman–Crippen MR) is 133 cm³/mol. The lowest BCUT2D eigenvalue weighted by atomic mass is 10.1. The van der Waals surface area contributed by atoms with Gasteiger partial charge in [0, 0.05) is 41.9 Å². The van der Waals surface area contributed by atoms with E-state index in [9.17, 15) is 4.79 Å². The molecule has 0 fully saturated rings. The van der Waals surface area contributed by atoms with Gasteiger partial charge in [-0.1, -0.05) is 43.7 Å². The van der Waals surface area contributed by atoms with Crippen molar-refractivity contribution in [3.8, 4) is 0 Å². The maximum absolute atomic E-state index is 13.3. The summed E-state index contributed by atoms with van der Waals surface area (Å²) >= 11 is 0. The van der Waals surface area contributed by atoms with Crippen molar-refractivity contribution in [3.05, 3.63) is 101 Å². The Labute approximate surface area is 194 Å². The Balaban J connectivity index is 1.66. The zero-order chi connectivity index (χ0) is 23.2. The van der Waals surface area contributed by atoms with Crippen molar-refractivity contribution >= 4 is 22.6 Å². The van der Waals surface area contributed by atoms with E-state index in [-0.39, 0.29) is 11.7 Å². The van der Waals surface area contributed by atoms with Crippen LogP contribution in [0.2, 0.25) is 0 Å². The summed E-state index contributed by atoms with van der Waals surface area (Å²) in [6, 6.07) is 19.8. The minimum Gasteiger partial charge on any atom is -0.384 e. The smallest absolute Gasteiger partial charge is 0.267 e. The summed E-state index contributed by atoms with van der Waals surface area (Å²) in [5.74, 6) is -0.0565. The summed E-state index contributed by atoms with van der Waals surface area (Å²) in [6.45, 7) is 3.23. The number of pyridine rings is 1. The molecular weight excluding hydrogens is 410 g/mol. The van der Waals surface area contributed by atoms with Crippen LogP contribution in [0.25, 0.3) is 10.9 Å². The van der Waals surface area contributed by atoms with E-state index in [0.717, 1.165) is 41.3 Å². The fourth-order valence-electron chi connectivity index (χ4n) is 4.17. The van der Waals surface area contributed by atoms with Gasteiger partial charge in [-0.3, -0.25) is 15.2 Å². The van der Waals surface area contributed by atoms with Gasteiger partial charge in [-0.15, -0.1) is 0 Å². The second-order valence-electron chi connectivity index (χ2n) is 8.19. The summed E-state index contributed by atoms with van der Waals surface area (Å²) in [5.41, 5.74) is 11.4. The van der Waals surface area contributed by atoms with Crippen LogP contribution in [0.4, 0.5) is 0 Å². The normalized spacial score (nSPS) is 10.9. The Morgan fingerprint density at radius 1 is 1.03 bits per heavy atom. The van der Waals surface area contributed by atoms with E-state index in [0.29, 0.717) is 24.3 Å². The number of carbonyl (C=O) groups is 1. The summed E-state index contributed by atoms with van der Waals surface area (Å²) in [5, 5.41) is 11.9. The van der Waals surface area contributed by atoms with Gasteiger partial charge in [-0.05, 0) is 59.9 Å². The number of nitrogens with zero attached hydrogens (tertiary/aromatic N) is 2. The first-order chi connectivity index (χ1) is 16.1. The van der Waals surface area contributed by atoms with Gasteiger partial charge in [0.2, 0.25) is 0 Å². The van der Waals surface area contributed by atoms with Crippen LogP contribution in [0.3, 0.4) is 0 Å². The van der Waals surface area contributed by atoms with Gasteiger partial charge < -0.3 is 15.6 Å². The lowest BCUT2D eigenvalue weighted by Crippen LogP contribution is -2.28. The molecule has 168 valence electrons. The fourth-order valence-corrected chi connectivity index (χ4v) is 4.17. The average Bonchev–Trinajstić information content (AvgIpc) is 3.19. The Morgan fingerprint density at radius 2 is 1.82 bits per heavy atom. The molecular formula is C27H29N5O. The fraction of sp³-hybridized carbons (Fsp3) is 0.222. The zero-order valence-corrected chi connectivity index (χ0v) is 18.8. The molecule has 2 heterocycles. The third-order valence-electron chi connectivity index (χ3n) is 5.82. The van der Waals surface area contributed by atoms with Crippen molar-refractivity contribution in [1.29, 1.82) is 5.41 Å². The van der Waals surface area contributed by atoms with E-state index in [1.54, 1.807) is 12.4 Å². The van der Waals surface area contributed by atoms with E-state index in [2.05, 4.69) is 40.0 Å². The number of nitrogen functional groups attached to an aromatic ring is 1. The molecule has 1 amide bonds. The second kappa shape index (κ2) is 10.1. The van der Waals surface area contributed by atoms with Crippen molar-refractivity contribution in [2.45, 2.75) is 32.7 Å². The van der Waals surface area contributed by atoms with Crippen molar-refractivity contribution in [1.82, 2.24) is 14.9 Å². The molecule has 0 radical (unpaired) electrons. The molecule has 6 nitrogen and oxygen atoms in total.